The highest BCUT2D eigenvalue weighted by molar-refractivity contribution is 9.10. The van der Waals surface area contributed by atoms with E-state index in [1.54, 1.807) is 17.5 Å². The van der Waals surface area contributed by atoms with Gasteiger partial charge in [-0.05, 0) is 85.8 Å². The Labute approximate surface area is 226 Å². The second-order valence-electron chi connectivity index (χ2n) is 9.67. The zero-order valence-electron chi connectivity index (χ0n) is 20.4. The van der Waals surface area contributed by atoms with Gasteiger partial charge in [-0.25, -0.2) is 9.67 Å². The van der Waals surface area contributed by atoms with Gasteiger partial charge in [0, 0.05) is 23.8 Å². The van der Waals surface area contributed by atoms with Crippen molar-refractivity contribution >= 4 is 50.2 Å². The molecule has 1 amide bonds. The fourth-order valence-electron chi connectivity index (χ4n) is 5.08. The highest BCUT2D eigenvalue weighted by Gasteiger charge is 2.29. The number of rotatable bonds is 6. The van der Waals surface area contributed by atoms with Crippen LogP contribution in [0.1, 0.15) is 43.5 Å². The summed E-state index contributed by atoms with van der Waals surface area (Å²) in [4.78, 5) is 22.0. The Morgan fingerprint density at radius 1 is 1.14 bits per heavy atom. The molecule has 3 atom stereocenters. The molecule has 4 aromatic rings. The Bertz CT molecular complexity index is 1410. The Morgan fingerprint density at radius 2 is 1.97 bits per heavy atom. The number of piperidine rings is 1. The molecule has 37 heavy (non-hydrogen) atoms. The van der Waals surface area contributed by atoms with Crippen molar-refractivity contribution in [3.05, 3.63) is 40.1 Å². The van der Waals surface area contributed by atoms with Crippen LogP contribution in [-0.2, 0) is 4.79 Å². The topological polar surface area (TPSA) is 123 Å². The van der Waals surface area contributed by atoms with Gasteiger partial charge in [-0.3, -0.25) is 4.79 Å². The molecule has 10 nitrogen and oxygen atoms in total. The van der Waals surface area contributed by atoms with E-state index in [1.165, 1.54) is 0 Å². The number of anilines is 1. The van der Waals surface area contributed by atoms with Gasteiger partial charge in [0.1, 0.15) is 14.6 Å². The first-order valence-corrected chi connectivity index (χ1v) is 14.3. The lowest BCUT2D eigenvalue weighted by molar-refractivity contribution is -0.124. The van der Waals surface area contributed by atoms with Crippen molar-refractivity contribution < 1.29 is 4.79 Å². The molecule has 3 N–H and O–H groups in total. The summed E-state index contributed by atoms with van der Waals surface area (Å²) < 4.78 is 2.51. The highest BCUT2D eigenvalue weighted by Crippen LogP contribution is 2.29. The molecule has 2 fully saturated rings. The molecular weight excluding hydrogens is 554 g/mol. The zero-order valence-corrected chi connectivity index (χ0v) is 22.8. The maximum atomic E-state index is 12.6. The number of benzene rings is 1. The van der Waals surface area contributed by atoms with E-state index < -0.39 is 0 Å². The molecule has 12 heteroatoms. The monoisotopic (exact) mass is 581 g/mol. The molecule has 2 aliphatic rings. The van der Waals surface area contributed by atoms with Gasteiger partial charge in [-0.2, -0.15) is 10.1 Å². The van der Waals surface area contributed by atoms with Crippen molar-refractivity contribution in [1.29, 1.82) is 0 Å². The summed E-state index contributed by atoms with van der Waals surface area (Å²) in [5.41, 5.74) is 2.63. The summed E-state index contributed by atoms with van der Waals surface area (Å²) in [6.07, 6.45) is 7.73. The van der Waals surface area contributed by atoms with E-state index in [4.69, 9.17) is 4.98 Å². The number of fused-ring (bicyclic) bond motifs is 1. The largest absolute Gasteiger partial charge is 0.352 e. The molecule has 0 unspecified atom stereocenters. The lowest BCUT2D eigenvalue weighted by atomic mass is 10.0. The van der Waals surface area contributed by atoms with Crippen LogP contribution in [0.4, 0.5) is 5.95 Å². The number of aryl methyl sites for hydroxylation is 1. The van der Waals surface area contributed by atoms with Crippen molar-refractivity contribution in [3.8, 4) is 16.3 Å². The molecule has 1 aliphatic heterocycles. The fraction of sp³-hybridized carbons (Fsp3) is 0.440. The van der Waals surface area contributed by atoms with Gasteiger partial charge in [0.2, 0.25) is 11.9 Å². The van der Waals surface area contributed by atoms with Crippen molar-refractivity contribution in [2.45, 2.75) is 63.6 Å². The van der Waals surface area contributed by atoms with E-state index in [1.807, 2.05) is 35.9 Å². The van der Waals surface area contributed by atoms with E-state index in [-0.39, 0.29) is 24.0 Å². The van der Waals surface area contributed by atoms with Crippen LogP contribution in [0, 0.1) is 6.92 Å². The van der Waals surface area contributed by atoms with Gasteiger partial charge >= 0.3 is 0 Å². The van der Waals surface area contributed by atoms with Gasteiger partial charge in [0.15, 0.2) is 5.65 Å². The molecule has 0 spiro atoms. The van der Waals surface area contributed by atoms with Gasteiger partial charge in [0.25, 0.3) is 0 Å². The predicted octanol–water partition coefficient (Wildman–Crippen LogP) is 4.00. The normalized spacial score (nSPS) is 21.8. The summed E-state index contributed by atoms with van der Waals surface area (Å²) in [6.45, 7) is 2.87. The van der Waals surface area contributed by atoms with Crippen molar-refractivity contribution in [3.63, 3.8) is 0 Å². The zero-order chi connectivity index (χ0) is 25.4. The van der Waals surface area contributed by atoms with Crippen LogP contribution in [0.3, 0.4) is 0 Å². The molecular formula is C25H28BrN9OS. The second kappa shape index (κ2) is 10.4. The van der Waals surface area contributed by atoms with Crippen LogP contribution in [0.5, 0.6) is 0 Å². The van der Waals surface area contributed by atoms with Crippen LogP contribution < -0.4 is 16.0 Å². The van der Waals surface area contributed by atoms with Crippen molar-refractivity contribution in [2.75, 3.05) is 11.9 Å². The van der Waals surface area contributed by atoms with Crippen LogP contribution in [0.15, 0.2) is 35.1 Å². The smallest absolute Gasteiger partial charge is 0.237 e. The van der Waals surface area contributed by atoms with Crippen LogP contribution >= 0.6 is 27.3 Å². The lowest BCUT2D eigenvalue weighted by Gasteiger charge is -2.24. The first-order valence-electron chi connectivity index (χ1n) is 12.7. The number of carbonyl (C=O) groups is 1. The van der Waals surface area contributed by atoms with Gasteiger partial charge in [0.05, 0.1) is 17.1 Å². The first-order chi connectivity index (χ1) is 18.0. The number of hydrogen-bond donors (Lipinski definition) is 3. The lowest BCUT2D eigenvalue weighted by Crippen LogP contribution is -2.49. The Kier molecular flexibility index (Phi) is 6.87. The molecule has 1 saturated heterocycles. The highest BCUT2D eigenvalue weighted by atomic mass is 79.9. The van der Waals surface area contributed by atoms with E-state index in [0.29, 0.717) is 10.6 Å². The number of halogens is 1. The SMILES string of the molecule is Cc1nnc(-c2ccc(-n3nc(Br)c4cnc(N[C@@H]5CC[C@@H](NC(=O)[C@H]6CCCCN6)C5)nc43)cc2)s1. The Hall–Kier alpha value is -2.96. The third-order valence-electron chi connectivity index (χ3n) is 7.00. The van der Waals surface area contributed by atoms with Crippen molar-refractivity contribution in [2.24, 2.45) is 0 Å². The molecule has 192 valence electrons. The predicted molar refractivity (Wildman–Crippen MR) is 147 cm³/mol. The van der Waals surface area contributed by atoms with Gasteiger partial charge < -0.3 is 16.0 Å². The van der Waals surface area contributed by atoms with E-state index in [9.17, 15) is 4.79 Å². The maximum absolute atomic E-state index is 12.6. The van der Waals surface area contributed by atoms with E-state index in [2.05, 4.69) is 52.2 Å². The molecule has 1 saturated carbocycles. The molecule has 1 aliphatic carbocycles. The quantitative estimate of drug-likeness (QED) is 0.312. The molecule has 4 heterocycles. The molecule has 0 bridgehead atoms. The van der Waals surface area contributed by atoms with Gasteiger partial charge in [-0.15, -0.1) is 10.2 Å². The van der Waals surface area contributed by atoms with E-state index in [0.717, 1.165) is 77.4 Å². The number of nitrogens with one attached hydrogen (secondary N) is 3. The second-order valence-corrected chi connectivity index (χ2v) is 11.6. The van der Waals surface area contributed by atoms with Crippen molar-refractivity contribution in [1.82, 2.24) is 40.6 Å². The number of carbonyl (C=O) groups excluding carboxylic acids is 1. The summed E-state index contributed by atoms with van der Waals surface area (Å²) >= 11 is 5.12. The number of hydrogen-bond acceptors (Lipinski definition) is 9. The van der Waals surface area contributed by atoms with Crippen LogP contribution in [0.2, 0.25) is 0 Å². The van der Waals surface area contributed by atoms with Crippen LogP contribution in [0.25, 0.3) is 27.3 Å². The Morgan fingerprint density at radius 3 is 2.73 bits per heavy atom. The third kappa shape index (κ3) is 5.23. The fourth-order valence-corrected chi connectivity index (χ4v) is 6.22. The molecule has 1 aromatic carbocycles. The third-order valence-corrected chi connectivity index (χ3v) is 8.48. The number of amides is 1. The minimum atomic E-state index is -0.0540. The average molecular weight is 583 g/mol. The molecule has 3 aromatic heterocycles. The minimum Gasteiger partial charge on any atom is -0.352 e. The maximum Gasteiger partial charge on any atom is 0.237 e. The molecule has 0 radical (unpaired) electrons. The van der Waals surface area contributed by atoms with Gasteiger partial charge in [-0.1, -0.05) is 17.8 Å². The Balaban J connectivity index is 1.15. The first kappa shape index (κ1) is 24.4. The average Bonchev–Trinajstić information content (AvgIpc) is 3.64. The standard InChI is InChI=1S/C25H28BrN9OS/c1-14-32-33-24(37-14)15-5-9-18(10-6-15)35-22-19(21(26)34-35)13-28-25(31-22)30-17-8-7-16(12-17)29-23(36)20-4-2-3-11-27-20/h5-6,9-10,13,16-17,20,27H,2-4,7-8,11-12H2,1H3,(H,29,36)(H,28,30,31)/t16-,17-,20-/m1/s1. The number of nitrogens with zero attached hydrogens (tertiary/aromatic N) is 6. The summed E-state index contributed by atoms with van der Waals surface area (Å²) in [6, 6.07) is 8.38. The number of aromatic nitrogens is 6. The summed E-state index contributed by atoms with van der Waals surface area (Å²) in [7, 11) is 0. The summed E-state index contributed by atoms with van der Waals surface area (Å²) in [5, 5.41) is 25.7. The minimum absolute atomic E-state index is 0.0540. The summed E-state index contributed by atoms with van der Waals surface area (Å²) in [5.74, 6) is 0.692. The molecule has 6 rings (SSSR count). The van der Waals surface area contributed by atoms with E-state index >= 15 is 0 Å². The van der Waals surface area contributed by atoms with Crippen LogP contribution in [-0.4, -0.2) is 60.5 Å².